The standard InChI is InChI=1S/C11H9BrO4/c12-9-3-1-8(2-4-9)7-16-11(15)6-5-10(13)14/h1-6H,7H2,(H,13,14)/b6-5+. The van der Waals surface area contributed by atoms with E-state index in [9.17, 15) is 9.59 Å². The number of carboxylic acids is 1. The summed E-state index contributed by atoms with van der Waals surface area (Å²) in [6.07, 6.45) is 1.62. The van der Waals surface area contributed by atoms with E-state index in [0.29, 0.717) is 0 Å². The Labute approximate surface area is 101 Å². The topological polar surface area (TPSA) is 63.6 Å². The van der Waals surface area contributed by atoms with Crippen molar-refractivity contribution in [2.45, 2.75) is 6.61 Å². The zero-order valence-corrected chi connectivity index (χ0v) is 9.81. The average molecular weight is 285 g/mol. The van der Waals surface area contributed by atoms with Crippen molar-refractivity contribution in [1.82, 2.24) is 0 Å². The largest absolute Gasteiger partial charge is 0.478 e. The quantitative estimate of drug-likeness (QED) is 0.680. The Kier molecular flexibility index (Phi) is 4.72. The molecule has 0 radical (unpaired) electrons. The maximum Gasteiger partial charge on any atom is 0.331 e. The number of benzene rings is 1. The van der Waals surface area contributed by atoms with Crippen LogP contribution in [0.5, 0.6) is 0 Å². The van der Waals surface area contributed by atoms with E-state index < -0.39 is 11.9 Å². The van der Waals surface area contributed by atoms with Crippen LogP contribution in [0, 0.1) is 0 Å². The van der Waals surface area contributed by atoms with E-state index in [4.69, 9.17) is 9.84 Å². The second kappa shape index (κ2) is 6.07. The van der Waals surface area contributed by atoms with Gasteiger partial charge in [-0.1, -0.05) is 28.1 Å². The van der Waals surface area contributed by atoms with Gasteiger partial charge in [0.1, 0.15) is 6.61 Å². The predicted molar refractivity (Wildman–Crippen MR) is 60.7 cm³/mol. The molecule has 0 unspecified atom stereocenters. The monoisotopic (exact) mass is 284 g/mol. The second-order valence-electron chi connectivity index (χ2n) is 2.91. The van der Waals surface area contributed by atoms with Gasteiger partial charge >= 0.3 is 11.9 Å². The van der Waals surface area contributed by atoms with Crippen molar-refractivity contribution < 1.29 is 19.4 Å². The third-order valence-electron chi connectivity index (χ3n) is 1.66. The predicted octanol–water partition coefficient (Wildman–Crippen LogP) is 2.13. The first-order chi connectivity index (χ1) is 7.58. The van der Waals surface area contributed by atoms with Crippen LogP contribution in [-0.4, -0.2) is 17.0 Å². The highest BCUT2D eigenvalue weighted by molar-refractivity contribution is 9.10. The first kappa shape index (κ1) is 12.4. The SMILES string of the molecule is O=C(O)/C=C/C(=O)OCc1ccc(Br)cc1. The lowest BCUT2D eigenvalue weighted by molar-refractivity contribution is -0.139. The lowest BCUT2D eigenvalue weighted by Gasteiger charge is -2.01. The lowest BCUT2D eigenvalue weighted by atomic mass is 10.2. The van der Waals surface area contributed by atoms with Gasteiger partial charge in [-0.3, -0.25) is 0 Å². The van der Waals surface area contributed by atoms with Crippen LogP contribution in [0.3, 0.4) is 0 Å². The summed E-state index contributed by atoms with van der Waals surface area (Å²) in [5.41, 5.74) is 0.834. The molecule has 0 fully saturated rings. The summed E-state index contributed by atoms with van der Waals surface area (Å²) in [7, 11) is 0. The molecule has 16 heavy (non-hydrogen) atoms. The zero-order valence-electron chi connectivity index (χ0n) is 8.22. The van der Waals surface area contributed by atoms with Crippen molar-refractivity contribution in [2.75, 3.05) is 0 Å². The van der Waals surface area contributed by atoms with Gasteiger partial charge in [0.05, 0.1) is 0 Å². The van der Waals surface area contributed by atoms with Crippen LogP contribution >= 0.6 is 15.9 Å². The van der Waals surface area contributed by atoms with Crippen molar-refractivity contribution in [2.24, 2.45) is 0 Å². The third kappa shape index (κ3) is 4.75. The molecule has 0 saturated heterocycles. The molecule has 0 spiro atoms. The first-order valence-electron chi connectivity index (χ1n) is 4.40. The van der Waals surface area contributed by atoms with Crippen LogP contribution in [0.4, 0.5) is 0 Å². The molecule has 0 aliphatic heterocycles. The number of hydrogen-bond acceptors (Lipinski definition) is 3. The molecule has 0 atom stereocenters. The van der Waals surface area contributed by atoms with E-state index in [2.05, 4.69) is 15.9 Å². The molecular formula is C11H9BrO4. The minimum atomic E-state index is -1.18. The Morgan fingerprint density at radius 2 is 1.88 bits per heavy atom. The molecule has 0 aliphatic rings. The molecule has 1 aromatic rings. The van der Waals surface area contributed by atoms with E-state index in [1.54, 1.807) is 12.1 Å². The fourth-order valence-corrected chi connectivity index (χ4v) is 1.19. The Hall–Kier alpha value is -1.62. The highest BCUT2D eigenvalue weighted by Crippen LogP contribution is 2.11. The van der Waals surface area contributed by atoms with Crippen molar-refractivity contribution >= 4 is 27.9 Å². The smallest absolute Gasteiger partial charge is 0.331 e. The number of esters is 1. The molecule has 0 aliphatic carbocycles. The maximum atomic E-state index is 11.0. The first-order valence-corrected chi connectivity index (χ1v) is 5.19. The third-order valence-corrected chi connectivity index (χ3v) is 2.19. The van der Waals surface area contributed by atoms with E-state index in [1.807, 2.05) is 12.1 Å². The summed E-state index contributed by atoms with van der Waals surface area (Å²) in [5.74, 6) is -1.86. The Balaban J connectivity index is 2.43. The molecule has 0 amide bonds. The maximum absolute atomic E-state index is 11.0. The molecule has 0 saturated carbocycles. The van der Waals surface area contributed by atoms with Gasteiger partial charge in [0.15, 0.2) is 0 Å². The molecular weight excluding hydrogens is 276 g/mol. The summed E-state index contributed by atoms with van der Waals surface area (Å²) in [6.45, 7) is 0.121. The highest BCUT2D eigenvalue weighted by atomic mass is 79.9. The number of halogens is 1. The number of carbonyl (C=O) groups excluding carboxylic acids is 1. The van der Waals surface area contributed by atoms with E-state index >= 15 is 0 Å². The summed E-state index contributed by atoms with van der Waals surface area (Å²) >= 11 is 3.28. The van der Waals surface area contributed by atoms with Gasteiger partial charge in [-0.05, 0) is 17.7 Å². The van der Waals surface area contributed by atoms with Crippen LogP contribution in [0.2, 0.25) is 0 Å². The van der Waals surface area contributed by atoms with Crippen LogP contribution in [-0.2, 0) is 20.9 Å². The number of carboxylic acid groups (broad SMARTS) is 1. The van der Waals surface area contributed by atoms with Crippen molar-refractivity contribution in [1.29, 1.82) is 0 Å². The van der Waals surface area contributed by atoms with Crippen LogP contribution in [0.25, 0.3) is 0 Å². The normalized spacial score (nSPS) is 10.3. The summed E-state index contributed by atoms with van der Waals surface area (Å²) < 4.78 is 5.75. The fraction of sp³-hybridized carbons (Fsp3) is 0.0909. The molecule has 1 aromatic carbocycles. The molecule has 0 heterocycles. The van der Waals surface area contributed by atoms with Crippen LogP contribution in [0.1, 0.15) is 5.56 Å². The van der Waals surface area contributed by atoms with Gasteiger partial charge in [0.2, 0.25) is 0 Å². The molecule has 1 N–H and O–H groups in total. The molecule has 0 bridgehead atoms. The van der Waals surface area contributed by atoms with Gasteiger partial charge < -0.3 is 9.84 Å². The van der Waals surface area contributed by atoms with Gasteiger partial charge in [-0.15, -0.1) is 0 Å². The Morgan fingerprint density at radius 3 is 2.44 bits per heavy atom. The average Bonchev–Trinajstić information content (AvgIpc) is 2.25. The summed E-state index contributed by atoms with van der Waals surface area (Å²) in [6, 6.07) is 7.27. The zero-order chi connectivity index (χ0) is 12.0. The van der Waals surface area contributed by atoms with Gasteiger partial charge in [-0.25, -0.2) is 9.59 Å². The Bertz CT molecular complexity index is 408. The van der Waals surface area contributed by atoms with E-state index in [-0.39, 0.29) is 6.61 Å². The minimum absolute atomic E-state index is 0.121. The summed E-state index contributed by atoms with van der Waals surface area (Å²) in [4.78, 5) is 21.1. The fourth-order valence-electron chi connectivity index (χ4n) is 0.923. The molecule has 0 aromatic heterocycles. The second-order valence-corrected chi connectivity index (χ2v) is 3.82. The lowest BCUT2D eigenvalue weighted by Crippen LogP contribution is -2.01. The molecule has 1 rings (SSSR count). The molecule has 84 valence electrons. The summed E-state index contributed by atoms with van der Waals surface area (Å²) in [5, 5.41) is 8.28. The number of aliphatic carboxylic acids is 1. The van der Waals surface area contributed by atoms with Gasteiger partial charge in [-0.2, -0.15) is 0 Å². The highest BCUT2D eigenvalue weighted by Gasteiger charge is 1.99. The molecule has 4 nitrogen and oxygen atoms in total. The number of carbonyl (C=O) groups is 2. The van der Waals surface area contributed by atoms with Gasteiger partial charge in [0, 0.05) is 16.6 Å². The van der Waals surface area contributed by atoms with Crippen molar-refractivity contribution in [3.63, 3.8) is 0 Å². The van der Waals surface area contributed by atoms with Crippen LogP contribution in [0.15, 0.2) is 40.9 Å². The minimum Gasteiger partial charge on any atom is -0.478 e. The van der Waals surface area contributed by atoms with Crippen molar-refractivity contribution in [3.8, 4) is 0 Å². The van der Waals surface area contributed by atoms with E-state index in [0.717, 1.165) is 22.2 Å². The van der Waals surface area contributed by atoms with Crippen LogP contribution < -0.4 is 0 Å². The van der Waals surface area contributed by atoms with Gasteiger partial charge in [0.25, 0.3) is 0 Å². The Morgan fingerprint density at radius 1 is 1.25 bits per heavy atom. The van der Waals surface area contributed by atoms with E-state index in [1.165, 1.54) is 0 Å². The number of rotatable bonds is 4. The van der Waals surface area contributed by atoms with Crippen molar-refractivity contribution in [3.05, 3.63) is 46.5 Å². The molecule has 5 heteroatoms. The number of ether oxygens (including phenoxy) is 1. The number of hydrogen-bond donors (Lipinski definition) is 1.